The number of esters is 1. The van der Waals surface area contributed by atoms with Crippen LogP contribution in [0.1, 0.15) is 57.7 Å². The van der Waals surface area contributed by atoms with Crippen molar-refractivity contribution in [2.24, 2.45) is 0 Å². The number of carbonyl (C=O) groups excluding carboxylic acids is 1. The van der Waals surface area contributed by atoms with Crippen LogP contribution in [0.5, 0.6) is 0 Å². The summed E-state index contributed by atoms with van der Waals surface area (Å²) in [6.07, 6.45) is 5.02. The van der Waals surface area contributed by atoms with E-state index in [-0.39, 0.29) is 18.1 Å². The van der Waals surface area contributed by atoms with E-state index in [0.29, 0.717) is 6.42 Å². The normalized spacial score (nSPS) is 13.5. The number of rotatable bonds is 14. The van der Waals surface area contributed by atoms with Gasteiger partial charge in [-0.05, 0) is 45.2 Å². The maximum atomic E-state index is 13.0. The molecule has 0 unspecified atom stereocenters. The number of hydrogen-bond acceptors (Lipinski definition) is 4. The molecule has 2 rings (SSSR count). The minimum absolute atomic E-state index is 0.0161. The Hall–Kier alpha value is -2.69. The van der Waals surface area contributed by atoms with Gasteiger partial charge in [-0.15, -0.1) is 13.2 Å². The average Bonchev–Trinajstić information content (AvgIpc) is 2.80. The summed E-state index contributed by atoms with van der Waals surface area (Å²) < 4.78 is 5.74. The lowest BCUT2D eigenvalue weighted by Crippen LogP contribution is -2.42. The molecule has 0 radical (unpaired) electrons. The van der Waals surface area contributed by atoms with Crippen LogP contribution in [-0.4, -0.2) is 47.0 Å². The smallest absolute Gasteiger partial charge is 0.307 e. The van der Waals surface area contributed by atoms with E-state index in [0.717, 1.165) is 32.6 Å². The van der Waals surface area contributed by atoms with Gasteiger partial charge in [-0.25, -0.2) is 0 Å². The summed E-state index contributed by atoms with van der Waals surface area (Å²) in [5.74, 6) is -0.158. The molecule has 2 aromatic rings. The van der Waals surface area contributed by atoms with E-state index in [4.69, 9.17) is 4.74 Å². The fraction of sp³-hybridized carbons (Fsp3) is 0.433. The number of hydrogen-bond donors (Lipinski definition) is 0. The van der Waals surface area contributed by atoms with Crippen molar-refractivity contribution in [3.63, 3.8) is 0 Å². The Morgan fingerprint density at radius 1 is 0.971 bits per heavy atom. The second-order valence-electron chi connectivity index (χ2n) is 9.81. The Kier molecular flexibility index (Phi) is 11.2. The molecule has 0 spiro atoms. The second-order valence-corrected chi connectivity index (χ2v) is 9.81. The topological polar surface area (TPSA) is 32.8 Å². The van der Waals surface area contributed by atoms with E-state index >= 15 is 0 Å². The highest BCUT2D eigenvalue weighted by Crippen LogP contribution is 2.28. The van der Waals surface area contributed by atoms with E-state index < -0.39 is 5.60 Å². The van der Waals surface area contributed by atoms with Crippen molar-refractivity contribution in [3.05, 3.63) is 97.1 Å². The molecule has 0 heterocycles. The van der Waals surface area contributed by atoms with E-state index in [1.165, 1.54) is 11.1 Å². The third-order valence-corrected chi connectivity index (χ3v) is 5.83. The number of benzene rings is 2. The summed E-state index contributed by atoms with van der Waals surface area (Å²) in [4.78, 5) is 17.7. The first-order chi connectivity index (χ1) is 16.2. The zero-order chi connectivity index (χ0) is 25.0. The molecule has 0 aliphatic heterocycles. The summed E-state index contributed by atoms with van der Waals surface area (Å²) >= 11 is 0. The van der Waals surface area contributed by atoms with Gasteiger partial charge in [-0.1, -0.05) is 72.8 Å². The van der Waals surface area contributed by atoms with E-state index in [1.54, 1.807) is 0 Å². The van der Waals surface area contributed by atoms with Gasteiger partial charge in [0.1, 0.15) is 5.60 Å². The molecule has 0 saturated carbocycles. The maximum absolute atomic E-state index is 13.0. The minimum Gasteiger partial charge on any atom is -0.460 e. The Morgan fingerprint density at radius 3 is 2.06 bits per heavy atom. The molecule has 34 heavy (non-hydrogen) atoms. The molecule has 0 aromatic heterocycles. The zero-order valence-corrected chi connectivity index (χ0v) is 21.5. The lowest BCUT2D eigenvalue weighted by molar-refractivity contribution is -0.156. The molecule has 0 bridgehead atoms. The van der Waals surface area contributed by atoms with Gasteiger partial charge in [0.2, 0.25) is 0 Å². The van der Waals surface area contributed by atoms with Gasteiger partial charge in [0.15, 0.2) is 0 Å². The predicted molar refractivity (Wildman–Crippen MR) is 143 cm³/mol. The third kappa shape index (κ3) is 9.66. The van der Waals surface area contributed by atoms with Crippen molar-refractivity contribution in [3.8, 4) is 0 Å². The van der Waals surface area contributed by atoms with E-state index in [2.05, 4.69) is 78.4 Å². The van der Waals surface area contributed by atoms with Gasteiger partial charge in [-0.2, -0.15) is 0 Å². The van der Waals surface area contributed by atoms with Gasteiger partial charge in [0.05, 0.1) is 6.42 Å². The van der Waals surface area contributed by atoms with Crippen LogP contribution in [0.25, 0.3) is 0 Å². The van der Waals surface area contributed by atoms with Crippen molar-refractivity contribution in [2.45, 2.75) is 64.8 Å². The summed E-state index contributed by atoms with van der Waals surface area (Å²) in [7, 11) is 0. The van der Waals surface area contributed by atoms with Crippen LogP contribution in [0.4, 0.5) is 0 Å². The van der Waals surface area contributed by atoms with Crippen LogP contribution in [0, 0.1) is 0 Å². The number of nitrogens with zero attached hydrogens (tertiary/aromatic N) is 2. The standard InChI is InChI=1S/C30H42N2O2/c1-7-20-31(21-8-2)22-19-28(23-29(33)34-30(4,5)6)32(24-26-15-11-9-12-16-26)25(3)27-17-13-10-14-18-27/h7-18,25,28H,1-2,19-24H2,3-6H3/t25-,28-/m1/s1. The first-order valence-electron chi connectivity index (χ1n) is 12.2. The Labute approximate surface area is 206 Å². The monoisotopic (exact) mass is 462 g/mol. The average molecular weight is 463 g/mol. The second kappa shape index (κ2) is 13.9. The zero-order valence-electron chi connectivity index (χ0n) is 21.5. The minimum atomic E-state index is -0.505. The maximum Gasteiger partial charge on any atom is 0.307 e. The summed E-state index contributed by atoms with van der Waals surface area (Å²) in [5, 5.41) is 0. The molecule has 0 N–H and O–H groups in total. The molecule has 184 valence electrons. The molecule has 4 heteroatoms. The van der Waals surface area contributed by atoms with E-state index in [9.17, 15) is 4.79 Å². The first-order valence-corrected chi connectivity index (χ1v) is 12.2. The van der Waals surface area contributed by atoms with Crippen LogP contribution in [-0.2, 0) is 16.1 Å². The molecule has 0 aliphatic rings. The van der Waals surface area contributed by atoms with Gasteiger partial charge in [0, 0.05) is 38.3 Å². The Balaban J connectivity index is 2.36. The highest BCUT2D eigenvalue weighted by Gasteiger charge is 2.29. The lowest BCUT2D eigenvalue weighted by atomic mass is 9.99. The van der Waals surface area contributed by atoms with Gasteiger partial charge in [-0.3, -0.25) is 14.6 Å². The van der Waals surface area contributed by atoms with Crippen LogP contribution in [0.15, 0.2) is 86.0 Å². The fourth-order valence-corrected chi connectivity index (χ4v) is 4.21. The molecular formula is C30H42N2O2. The molecule has 0 amide bonds. The summed E-state index contributed by atoms with van der Waals surface area (Å²) in [5.41, 5.74) is 1.96. The number of carbonyl (C=O) groups is 1. The highest BCUT2D eigenvalue weighted by atomic mass is 16.6. The van der Waals surface area contributed by atoms with E-state index in [1.807, 2.05) is 45.1 Å². The van der Waals surface area contributed by atoms with Crippen molar-refractivity contribution in [1.29, 1.82) is 0 Å². The largest absolute Gasteiger partial charge is 0.460 e. The molecule has 2 aromatic carbocycles. The van der Waals surface area contributed by atoms with Crippen molar-refractivity contribution >= 4 is 5.97 Å². The quantitative estimate of drug-likeness (QED) is 0.240. The third-order valence-electron chi connectivity index (χ3n) is 5.83. The molecule has 0 saturated heterocycles. The Bertz CT molecular complexity index is 864. The molecule has 0 fully saturated rings. The van der Waals surface area contributed by atoms with Crippen LogP contribution >= 0.6 is 0 Å². The van der Waals surface area contributed by atoms with Crippen molar-refractivity contribution in [2.75, 3.05) is 19.6 Å². The first kappa shape index (κ1) is 27.6. The van der Waals surface area contributed by atoms with Gasteiger partial charge < -0.3 is 4.74 Å². The molecular weight excluding hydrogens is 420 g/mol. The fourth-order valence-electron chi connectivity index (χ4n) is 4.21. The molecule has 0 aliphatic carbocycles. The van der Waals surface area contributed by atoms with Crippen LogP contribution in [0.3, 0.4) is 0 Å². The van der Waals surface area contributed by atoms with Crippen LogP contribution in [0.2, 0.25) is 0 Å². The molecule has 2 atom stereocenters. The SMILES string of the molecule is C=CCN(CC=C)CC[C@H](CC(=O)OC(C)(C)C)N(Cc1ccccc1)[C@H](C)c1ccccc1. The summed E-state index contributed by atoms with van der Waals surface area (Å²) in [6.45, 7) is 19.0. The predicted octanol–water partition coefficient (Wildman–Crippen LogP) is 6.41. The van der Waals surface area contributed by atoms with Crippen molar-refractivity contribution in [1.82, 2.24) is 9.80 Å². The summed E-state index contributed by atoms with van der Waals surface area (Å²) in [6, 6.07) is 21.1. The van der Waals surface area contributed by atoms with Gasteiger partial charge in [0.25, 0.3) is 0 Å². The lowest BCUT2D eigenvalue weighted by Gasteiger charge is -2.38. The molecule has 4 nitrogen and oxygen atoms in total. The van der Waals surface area contributed by atoms with Crippen molar-refractivity contribution < 1.29 is 9.53 Å². The highest BCUT2D eigenvalue weighted by molar-refractivity contribution is 5.70. The Morgan fingerprint density at radius 2 is 1.53 bits per heavy atom. The van der Waals surface area contributed by atoms with Gasteiger partial charge >= 0.3 is 5.97 Å². The number of ether oxygens (including phenoxy) is 1. The van der Waals surface area contributed by atoms with Crippen LogP contribution < -0.4 is 0 Å².